The van der Waals surface area contributed by atoms with Crippen molar-refractivity contribution in [2.45, 2.75) is 39.5 Å². The second-order valence-corrected chi connectivity index (χ2v) is 6.16. The SMILES string of the molecule is CCCc1cccc(O[PH](=O)Oc2cccc(CCC)c2)c1. The molecular formula is C18H23O3P. The topological polar surface area (TPSA) is 35.5 Å². The van der Waals surface area contributed by atoms with E-state index < -0.39 is 8.25 Å². The Balaban J connectivity index is 1.97. The fraction of sp³-hybridized carbons (Fsp3) is 0.333. The average molecular weight is 318 g/mol. The zero-order valence-corrected chi connectivity index (χ0v) is 14.2. The fourth-order valence-corrected chi connectivity index (χ4v) is 3.00. The van der Waals surface area contributed by atoms with Gasteiger partial charge in [-0.2, -0.15) is 0 Å². The largest absolute Gasteiger partial charge is 0.418 e. The highest BCUT2D eigenvalue weighted by Crippen LogP contribution is 2.31. The van der Waals surface area contributed by atoms with Crippen molar-refractivity contribution >= 4 is 8.25 Å². The van der Waals surface area contributed by atoms with E-state index in [2.05, 4.69) is 13.8 Å². The summed E-state index contributed by atoms with van der Waals surface area (Å²) in [5.41, 5.74) is 2.36. The molecule has 118 valence electrons. The predicted octanol–water partition coefficient (Wildman–Crippen LogP) is 5.44. The van der Waals surface area contributed by atoms with Gasteiger partial charge in [0, 0.05) is 0 Å². The second-order valence-electron chi connectivity index (χ2n) is 5.25. The summed E-state index contributed by atoms with van der Waals surface area (Å²) in [5.74, 6) is 1.19. The van der Waals surface area contributed by atoms with Crippen molar-refractivity contribution in [2.75, 3.05) is 0 Å². The molecule has 0 aliphatic rings. The third kappa shape index (κ3) is 5.23. The predicted molar refractivity (Wildman–Crippen MR) is 91.1 cm³/mol. The van der Waals surface area contributed by atoms with Gasteiger partial charge in [0.05, 0.1) is 0 Å². The minimum absolute atomic E-state index is 0.597. The van der Waals surface area contributed by atoms with Crippen LogP contribution in [-0.4, -0.2) is 0 Å². The Kier molecular flexibility index (Phi) is 6.54. The lowest BCUT2D eigenvalue weighted by atomic mass is 10.1. The molecule has 0 N–H and O–H groups in total. The number of hydrogen-bond acceptors (Lipinski definition) is 3. The first-order chi connectivity index (χ1) is 10.7. The van der Waals surface area contributed by atoms with Crippen molar-refractivity contribution in [1.82, 2.24) is 0 Å². The van der Waals surface area contributed by atoms with Gasteiger partial charge in [-0.3, -0.25) is 0 Å². The van der Waals surface area contributed by atoms with Crippen LogP contribution in [0.1, 0.15) is 37.8 Å². The highest BCUT2D eigenvalue weighted by atomic mass is 31.1. The summed E-state index contributed by atoms with van der Waals surface area (Å²) < 4.78 is 22.9. The molecule has 0 unspecified atom stereocenters. The van der Waals surface area contributed by atoms with Gasteiger partial charge in [0.25, 0.3) is 0 Å². The van der Waals surface area contributed by atoms with Gasteiger partial charge in [-0.05, 0) is 48.2 Å². The molecule has 0 aliphatic heterocycles. The molecule has 0 saturated heterocycles. The Morgan fingerprint density at radius 1 is 0.818 bits per heavy atom. The Labute approximate surface area is 133 Å². The van der Waals surface area contributed by atoms with Crippen LogP contribution in [0, 0.1) is 0 Å². The van der Waals surface area contributed by atoms with Crippen LogP contribution in [-0.2, 0) is 17.4 Å². The van der Waals surface area contributed by atoms with Crippen LogP contribution in [0.25, 0.3) is 0 Å². The number of aryl methyl sites for hydroxylation is 2. The van der Waals surface area contributed by atoms with Crippen molar-refractivity contribution in [2.24, 2.45) is 0 Å². The Morgan fingerprint density at radius 2 is 1.27 bits per heavy atom. The molecule has 0 atom stereocenters. The zero-order valence-electron chi connectivity index (χ0n) is 13.2. The molecule has 0 bridgehead atoms. The smallest absolute Gasteiger partial charge is 0.418 e. The van der Waals surface area contributed by atoms with Crippen molar-refractivity contribution < 1.29 is 13.6 Å². The van der Waals surface area contributed by atoms with Gasteiger partial charge in [0.15, 0.2) is 0 Å². The Hall–Kier alpha value is -1.73. The van der Waals surface area contributed by atoms with E-state index in [-0.39, 0.29) is 0 Å². The van der Waals surface area contributed by atoms with Crippen LogP contribution in [0.5, 0.6) is 11.5 Å². The van der Waals surface area contributed by atoms with E-state index in [9.17, 15) is 4.57 Å². The molecule has 0 fully saturated rings. The maximum Gasteiger partial charge on any atom is 0.418 e. The van der Waals surface area contributed by atoms with E-state index in [1.165, 1.54) is 11.1 Å². The molecular weight excluding hydrogens is 295 g/mol. The lowest BCUT2D eigenvalue weighted by molar-refractivity contribution is 0.415. The van der Waals surface area contributed by atoms with Crippen LogP contribution in [0.2, 0.25) is 0 Å². The monoisotopic (exact) mass is 318 g/mol. The van der Waals surface area contributed by atoms with Crippen LogP contribution in [0.15, 0.2) is 48.5 Å². The molecule has 4 heteroatoms. The van der Waals surface area contributed by atoms with E-state index >= 15 is 0 Å². The summed E-state index contributed by atoms with van der Waals surface area (Å²) in [6.45, 7) is 4.26. The summed E-state index contributed by atoms with van der Waals surface area (Å²) in [6.07, 6.45) is 4.11. The number of benzene rings is 2. The van der Waals surface area contributed by atoms with Gasteiger partial charge >= 0.3 is 8.25 Å². The molecule has 0 heterocycles. The minimum Gasteiger partial charge on any atom is -0.418 e. The van der Waals surface area contributed by atoms with Crippen LogP contribution >= 0.6 is 8.25 Å². The van der Waals surface area contributed by atoms with Crippen molar-refractivity contribution in [1.29, 1.82) is 0 Å². The molecule has 2 rings (SSSR count). The summed E-state index contributed by atoms with van der Waals surface area (Å²) in [5, 5.41) is 0. The van der Waals surface area contributed by atoms with E-state index in [4.69, 9.17) is 9.05 Å². The highest BCUT2D eigenvalue weighted by Gasteiger charge is 2.06. The fourth-order valence-electron chi connectivity index (χ4n) is 2.32. The lowest BCUT2D eigenvalue weighted by Gasteiger charge is -2.10. The van der Waals surface area contributed by atoms with Crippen molar-refractivity contribution in [3.63, 3.8) is 0 Å². The normalized spacial score (nSPS) is 10.7. The van der Waals surface area contributed by atoms with Crippen molar-refractivity contribution in [3.8, 4) is 11.5 Å². The van der Waals surface area contributed by atoms with Crippen molar-refractivity contribution in [3.05, 3.63) is 59.7 Å². The Bertz CT molecular complexity index is 572. The molecule has 2 aromatic rings. The van der Waals surface area contributed by atoms with Gasteiger partial charge in [-0.25, -0.2) is 4.57 Å². The zero-order chi connectivity index (χ0) is 15.8. The van der Waals surface area contributed by atoms with Gasteiger partial charge in [0.2, 0.25) is 0 Å². The van der Waals surface area contributed by atoms with E-state index in [1.807, 2.05) is 36.4 Å². The molecule has 0 aliphatic carbocycles. The average Bonchev–Trinajstić information content (AvgIpc) is 2.48. The van der Waals surface area contributed by atoms with Gasteiger partial charge in [-0.15, -0.1) is 0 Å². The number of rotatable bonds is 8. The lowest BCUT2D eigenvalue weighted by Crippen LogP contribution is -1.91. The molecule has 0 spiro atoms. The molecule has 2 aromatic carbocycles. The first kappa shape index (κ1) is 16.6. The van der Waals surface area contributed by atoms with E-state index in [0.29, 0.717) is 11.5 Å². The molecule has 22 heavy (non-hydrogen) atoms. The quantitative estimate of drug-likeness (QED) is 0.608. The maximum absolute atomic E-state index is 12.1. The molecule has 3 nitrogen and oxygen atoms in total. The molecule has 0 amide bonds. The van der Waals surface area contributed by atoms with E-state index in [1.54, 1.807) is 12.1 Å². The summed E-state index contributed by atoms with van der Waals surface area (Å²) >= 11 is 0. The van der Waals surface area contributed by atoms with E-state index in [0.717, 1.165) is 25.7 Å². The minimum atomic E-state index is -2.61. The molecule has 0 radical (unpaired) electrons. The first-order valence-corrected chi connectivity index (χ1v) is 9.01. The number of hydrogen-bond donors (Lipinski definition) is 0. The second kappa shape index (κ2) is 8.65. The standard InChI is InChI=1S/C18H23O3P/c1-3-7-15-9-5-11-17(13-15)20-22(19)21-18-12-6-10-16(14-18)8-4-2/h5-6,9-14,22H,3-4,7-8H2,1-2H3. The van der Waals surface area contributed by atoms with Crippen LogP contribution in [0.3, 0.4) is 0 Å². The molecule has 0 aromatic heterocycles. The van der Waals surface area contributed by atoms with Crippen LogP contribution < -0.4 is 9.05 Å². The summed E-state index contributed by atoms with van der Waals surface area (Å²) in [7, 11) is -2.61. The van der Waals surface area contributed by atoms with Gasteiger partial charge in [0.1, 0.15) is 11.5 Å². The summed E-state index contributed by atoms with van der Waals surface area (Å²) in [6, 6.07) is 15.4. The van der Waals surface area contributed by atoms with Crippen LogP contribution in [0.4, 0.5) is 0 Å². The van der Waals surface area contributed by atoms with Gasteiger partial charge < -0.3 is 9.05 Å². The third-order valence-corrected chi connectivity index (χ3v) is 4.08. The van der Waals surface area contributed by atoms with Gasteiger partial charge in [-0.1, -0.05) is 51.0 Å². The molecule has 0 saturated carbocycles. The summed E-state index contributed by atoms with van der Waals surface area (Å²) in [4.78, 5) is 0. The maximum atomic E-state index is 12.1. The first-order valence-electron chi connectivity index (χ1n) is 7.78. The third-order valence-electron chi connectivity index (χ3n) is 3.28. The Morgan fingerprint density at radius 3 is 1.68 bits per heavy atom. The highest BCUT2D eigenvalue weighted by molar-refractivity contribution is 7.34.